The second kappa shape index (κ2) is 5.89. The van der Waals surface area contributed by atoms with Gasteiger partial charge < -0.3 is 10.8 Å². The molecular weight excluding hydrogens is 266 g/mol. The number of aromatic nitrogens is 4. The Labute approximate surface area is 124 Å². The molecule has 21 heavy (non-hydrogen) atoms. The van der Waals surface area contributed by atoms with Gasteiger partial charge in [-0.25, -0.2) is 0 Å². The van der Waals surface area contributed by atoms with Crippen LogP contribution in [0.15, 0.2) is 18.5 Å². The van der Waals surface area contributed by atoms with Crippen LogP contribution >= 0.6 is 0 Å². The van der Waals surface area contributed by atoms with Crippen molar-refractivity contribution in [2.45, 2.75) is 50.7 Å². The Kier molecular flexibility index (Phi) is 3.96. The predicted octanol–water partition coefficient (Wildman–Crippen LogP) is 1.98. The van der Waals surface area contributed by atoms with Crippen molar-refractivity contribution >= 4 is 5.82 Å². The van der Waals surface area contributed by atoms with E-state index in [1.807, 2.05) is 12.3 Å². The number of rotatable bonds is 4. The minimum Gasteiger partial charge on any atom is -0.388 e. The summed E-state index contributed by atoms with van der Waals surface area (Å²) in [4.78, 5) is 0. The van der Waals surface area contributed by atoms with Gasteiger partial charge in [0.25, 0.3) is 0 Å². The fraction of sp³-hybridized carbons (Fsp3) is 0.600. The Morgan fingerprint density at radius 2 is 2.14 bits per heavy atom. The molecule has 2 aromatic rings. The van der Waals surface area contributed by atoms with E-state index < -0.39 is 6.10 Å². The van der Waals surface area contributed by atoms with E-state index >= 15 is 0 Å². The highest BCUT2D eigenvalue weighted by Gasteiger charge is 2.19. The maximum Gasteiger partial charge on any atom is 0.127 e. The van der Waals surface area contributed by atoms with Gasteiger partial charge in [0, 0.05) is 25.2 Å². The first-order valence-electron chi connectivity index (χ1n) is 7.64. The van der Waals surface area contributed by atoms with Gasteiger partial charge in [0.1, 0.15) is 5.82 Å². The molecule has 1 aliphatic carbocycles. The highest BCUT2D eigenvalue weighted by molar-refractivity contribution is 5.40. The molecule has 0 bridgehead atoms. The van der Waals surface area contributed by atoms with Crippen LogP contribution in [-0.2, 0) is 13.5 Å². The zero-order valence-electron chi connectivity index (χ0n) is 12.4. The molecule has 0 amide bonds. The lowest BCUT2D eigenvalue weighted by Gasteiger charge is -2.21. The molecule has 0 aliphatic heterocycles. The quantitative estimate of drug-likeness (QED) is 0.901. The molecule has 1 saturated carbocycles. The minimum atomic E-state index is -0.659. The second-order valence-electron chi connectivity index (χ2n) is 5.91. The third-order valence-corrected chi connectivity index (χ3v) is 4.39. The lowest BCUT2D eigenvalue weighted by atomic mass is 9.96. The molecule has 6 nitrogen and oxygen atoms in total. The summed E-state index contributed by atoms with van der Waals surface area (Å²) < 4.78 is 3.63. The van der Waals surface area contributed by atoms with E-state index in [1.165, 1.54) is 32.1 Å². The van der Waals surface area contributed by atoms with E-state index in [0.717, 1.165) is 5.69 Å². The average molecular weight is 289 g/mol. The van der Waals surface area contributed by atoms with Crippen molar-refractivity contribution in [1.82, 2.24) is 19.6 Å². The van der Waals surface area contributed by atoms with E-state index in [1.54, 1.807) is 17.9 Å². The van der Waals surface area contributed by atoms with Gasteiger partial charge in [-0.05, 0) is 18.9 Å². The van der Waals surface area contributed by atoms with Gasteiger partial charge in [-0.15, -0.1) is 0 Å². The maximum absolute atomic E-state index is 10.3. The monoisotopic (exact) mass is 289 g/mol. The Balaban J connectivity index is 1.67. The first-order chi connectivity index (χ1) is 10.1. The number of nitrogens with two attached hydrogens (primary N) is 1. The van der Waals surface area contributed by atoms with Crippen LogP contribution in [0.3, 0.4) is 0 Å². The molecule has 3 N–H and O–H groups in total. The van der Waals surface area contributed by atoms with Crippen LogP contribution in [0.1, 0.15) is 55.5 Å². The SMILES string of the molecule is Cn1ncc(C(O)Cc2ccn(C3CCCCC3)n2)c1N. The number of aliphatic hydroxyl groups is 1. The highest BCUT2D eigenvalue weighted by Crippen LogP contribution is 2.28. The Morgan fingerprint density at radius 3 is 2.81 bits per heavy atom. The van der Waals surface area contributed by atoms with Gasteiger partial charge in [-0.3, -0.25) is 9.36 Å². The number of aliphatic hydroxyl groups excluding tert-OH is 1. The summed E-state index contributed by atoms with van der Waals surface area (Å²) in [5, 5.41) is 19.0. The van der Waals surface area contributed by atoms with Crippen molar-refractivity contribution in [2.75, 3.05) is 5.73 Å². The number of hydrogen-bond donors (Lipinski definition) is 2. The number of aryl methyl sites for hydroxylation is 1. The molecule has 0 spiro atoms. The Morgan fingerprint density at radius 1 is 1.38 bits per heavy atom. The summed E-state index contributed by atoms with van der Waals surface area (Å²) in [6, 6.07) is 2.51. The smallest absolute Gasteiger partial charge is 0.127 e. The third-order valence-electron chi connectivity index (χ3n) is 4.39. The molecule has 0 radical (unpaired) electrons. The van der Waals surface area contributed by atoms with E-state index in [4.69, 9.17) is 5.73 Å². The standard InChI is InChI=1S/C15H23N5O/c1-19-15(16)13(10-17-19)14(21)9-11-7-8-20(18-11)12-5-3-2-4-6-12/h7-8,10,12,14,21H,2-6,9,16H2,1H3. The summed E-state index contributed by atoms with van der Waals surface area (Å²) in [5.74, 6) is 0.509. The van der Waals surface area contributed by atoms with Crippen LogP contribution in [0.5, 0.6) is 0 Å². The van der Waals surface area contributed by atoms with Crippen molar-refractivity contribution < 1.29 is 5.11 Å². The topological polar surface area (TPSA) is 81.9 Å². The largest absolute Gasteiger partial charge is 0.388 e. The van der Waals surface area contributed by atoms with Crippen LogP contribution in [0.4, 0.5) is 5.82 Å². The van der Waals surface area contributed by atoms with E-state index in [9.17, 15) is 5.11 Å². The second-order valence-corrected chi connectivity index (χ2v) is 5.91. The number of anilines is 1. The van der Waals surface area contributed by atoms with Crippen molar-refractivity contribution in [2.24, 2.45) is 7.05 Å². The van der Waals surface area contributed by atoms with Gasteiger partial charge in [-0.1, -0.05) is 19.3 Å². The number of nitrogens with zero attached hydrogens (tertiary/aromatic N) is 4. The summed E-state index contributed by atoms with van der Waals surface area (Å²) in [7, 11) is 1.77. The lowest BCUT2D eigenvalue weighted by Crippen LogP contribution is -2.14. The molecule has 2 aromatic heterocycles. The molecule has 3 rings (SSSR count). The molecule has 0 aromatic carbocycles. The van der Waals surface area contributed by atoms with Crippen molar-refractivity contribution in [3.8, 4) is 0 Å². The predicted molar refractivity (Wildman–Crippen MR) is 80.6 cm³/mol. The van der Waals surface area contributed by atoms with Crippen LogP contribution in [0.25, 0.3) is 0 Å². The fourth-order valence-corrected chi connectivity index (χ4v) is 3.06. The Bertz CT molecular complexity index is 597. The molecule has 1 unspecified atom stereocenters. The molecule has 1 atom stereocenters. The third kappa shape index (κ3) is 2.95. The summed E-state index contributed by atoms with van der Waals surface area (Å²) in [6.07, 6.45) is 9.79. The maximum atomic E-state index is 10.3. The van der Waals surface area contributed by atoms with E-state index in [2.05, 4.69) is 14.9 Å². The number of hydrogen-bond acceptors (Lipinski definition) is 4. The highest BCUT2D eigenvalue weighted by atomic mass is 16.3. The van der Waals surface area contributed by atoms with Crippen LogP contribution < -0.4 is 5.73 Å². The zero-order chi connectivity index (χ0) is 14.8. The fourth-order valence-electron chi connectivity index (χ4n) is 3.06. The summed E-state index contributed by atoms with van der Waals surface area (Å²) >= 11 is 0. The van der Waals surface area contributed by atoms with Crippen molar-refractivity contribution in [3.05, 3.63) is 29.7 Å². The molecular formula is C15H23N5O. The van der Waals surface area contributed by atoms with Gasteiger partial charge in [0.05, 0.1) is 24.0 Å². The summed E-state index contributed by atoms with van der Waals surface area (Å²) in [5.41, 5.74) is 7.46. The van der Waals surface area contributed by atoms with Gasteiger partial charge in [0.2, 0.25) is 0 Å². The van der Waals surface area contributed by atoms with E-state index in [-0.39, 0.29) is 0 Å². The molecule has 0 saturated heterocycles. The molecule has 1 fully saturated rings. The minimum absolute atomic E-state index is 0.468. The molecule has 1 aliphatic rings. The van der Waals surface area contributed by atoms with Gasteiger partial charge in [-0.2, -0.15) is 10.2 Å². The first kappa shape index (κ1) is 14.1. The lowest BCUT2D eigenvalue weighted by molar-refractivity contribution is 0.177. The molecule has 114 valence electrons. The van der Waals surface area contributed by atoms with Crippen LogP contribution in [0, 0.1) is 0 Å². The van der Waals surface area contributed by atoms with Gasteiger partial charge in [0.15, 0.2) is 0 Å². The van der Waals surface area contributed by atoms with Crippen LogP contribution in [-0.4, -0.2) is 24.7 Å². The number of nitrogen functional groups attached to an aromatic ring is 1. The molecule has 2 heterocycles. The first-order valence-corrected chi connectivity index (χ1v) is 7.64. The van der Waals surface area contributed by atoms with Crippen molar-refractivity contribution in [3.63, 3.8) is 0 Å². The van der Waals surface area contributed by atoms with Crippen molar-refractivity contribution in [1.29, 1.82) is 0 Å². The molecule has 6 heteroatoms. The van der Waals surface area contributed by atoms with Crippen LogP contribution in [0.2, 0.25) is 0 Å². The summed E-state index contributed by atoms with van der Waals surface area (Å²) in [6.45, 7) is 0. The zero-order valence-corrected chi connectivity index (χ0v) is 12.4. The van der Waals surface area contributed by atoms with E-state index in [0.29, 0.717) is 23.8 Å². The Hall–Kier alpha value is -1.82. The average Bonchev–Trinajstić information content (AvgIpc) is 3.08. The normalized spacial score (nSPS) is 18.0. The van der Waals surface area contributed by atoms with Gasteiger partial charge >= 0.3 is 0 Å².